The third-order valence-corrected chi connectivity index (χ3v) is 3.30. The van der Waals surface area contributed by atoms with Crippen molar-refractivity contribution in [2.24, 2.45) is 0 Å². The van der Waals surface area contributed by atoms with Crippen molar-refractivity contribution in [3.05, 3.63) is 33.4 Å². The molecule has 0 unspecified atom stereocenters. The van der Waals surface area contributed by atoms with Gasteiger partial charge in [0.15, 0.2) is 0 Å². The monoisotopic (exact) mass is 239 g/mol. The predicted molar refractivity (Wildman–Crippen MR) is 68.3 cm³/mol. The standard InChI is InChI=1S/C12H17NO2S/c1-8-6-11(16-5)10(13(14)15)7-9(8)12(2,3)4/h6-7H,1-5H3. The fourth-order valence-corrected chi connectivity index (χ4v) is 2.42. The largest absolute Gasteiger partial charge is 0.283 e. The Morgan fingerprint density at radius 2 is 1.88 bits per heavy atom. The van der Waals surface area contributed by atoms with Crippen LogP contribution in [0.5, 0.6) is 0 Å². The van der Waals surface area contributed by atoms with E-state index in [0.717, 1.165) is 16.0 Å². The van der Waals surface area contributed by atoms with E-state index in [9.17, 15) is 10.1 Å². The molecule has 0 fully saturated rings. The van der Waals surface area contributed by atoms with Crippen LogP contribution in [0.4, 0.5) is 5.69 Å². The van der Waals surface area contributed by atoms with Crippen molar-refractivity contribution in [3.8, 4) is 0 Å². The van der Waals surface area contributed by atoms with E-state index in [0.29, 0.717) is 0 Å². The van der Waals surface area contributed by atoms with Crippen molar-refractivity contribution in [2.45, 2.75) is 38.0 Å². The summed E-state index contributed by atoms with van der Waals surface area (Å²) in [6.45, 7) is 8.21. The zero-order chi connectivity index (χ0) is 12.5. The second kappa shape index (κ2) is 4.45. The molecule has 3 nitrogen and oxygen atoms in total. The second-order valence-corrected chi connectivity index (χ2v) is 5.69. The van der Waals surface area contributed by atoms with E-state index in [2.05, 4.69) is 20.8 Å². The minimum Gasteiger partial charge on any atom is -0.258 e. The maximum absolute atomic E-state index is 11.0. The summed E-state index contributed by atoms with van der Waals surface area (Å²) in [5, 5.41) is 11.0. The molecule has 0 spiro atoms. The number of nitro benzene ring substituents is 1. The van der Waals surface area contributed by atoms with E-state index in [-0.39, 0.29) is 16.0 Å². The summed E-state index contributed by atoms with van der Waals surface area (Å²) in [7, 11) is 0. The summed E-state index contributed by atoms with van der Waals surface area (Å²) in [5.41, 5.74) is 2.30. The predicted octanol–water partition coefficient (Wildman–Crippen LogP) is 3.92. The highest BCUT2D eigenvalue weighted by Gasteiger charge is 2.22. The Kier molecular flexibility index (Phi) is 3.63. The lowest BCUT2D eigenvalue weighted by Crippen LogP contribution is -2.13. The normalized spacial score (nSPS) is 11.6. The Bertz CT molecular complexity index is 422. The number of aryl methyl sites for hydroxylation is 1. The molecule has 0 aromatic heterocycles. The van der Waals surface area contributed by atoms with Gasteiger partial charge in [-0.1, -0.05) is 20.8 Å². The van der Waals surface area contributed by atoms with Crippen LogP contribution in [-0.4, -0.2) is 11.2 Å². The third kappa shape index (κ3) is 2.55. The average Bonchev–Trinajstić information content (AvgIpc) is 2.14. The molecule has 16 heavy (non-hydrogen) atoms. The third-order valence-electron chi connectivity index (χ3n) is 2.53. The molecule has 0 bridgehead atoms. The van der Waals surface area contributed by atoms with E-state index < -0.39 is 0 Å². The number of nitro groups is 1. The molecule has 1 rings (SSSR count). The fraction of sp³-hybridized carbons (Fsp3) is 0.500. The van der Waals surface area contributed by atoms with Gasteiger partial charge in [-0.15, -0.1) is 11.8 Å². The summed E-state index contributed by atoms with van der Waals surface area (Å²) < 4.78 is 0. The number of thioether (sulfide) groups is 1. The number of hydrogen-bond acceptors (Lipinski definition) is 3. The molecule has 4 heteroatoms. The lowest BCUT2D eigenvalue weighted by Gasteiger charge is -2.21. The van der Waals surface area contributed by atoms with Crippen molar-refractivity contribution < 1.29 is 4.92 Å². The molecule has 0 aliphatic heterocycles. The van der Waals surface area contributed by atoms with Crippen LogP contribution >= 0.6 is 11.8 Å². The van der Waals surface area contributed by atoms with Gasteiger partial charge in [0, 0.05) is 6.07 Å². The molecular weight excluding hydrogens is 222 g/mol. The molecule has 88 valence electrons. The summed E-state index contributed by atoms with van der Waals surface area (Å²) in [6, 6.07) is 3.62. The van der Waals surface area contributed by atoms with Gasteiger partial charge in [-0.25, -0.2) is 0 Å². The molecule has 1 aromatic rings. The molecule has 0 atom stereocenters. The van der Waals surface area contributed by atoms with E-state index >= 15 is 0 Å². The molecule has 1 aromatic carbocycles. The van der Waals surface area contributed by atoms with Gasteiger partial charge in [-0.2, -0.15) is 0 Å². The summed E-state index contributed by atoms with van der Waals surface area (Å²) in [4.78, 5) is 11.4. The molecule has 0 saturated carbocycles. The average molecular weight is 239 g/mol. The molecule has 0 aliphatic rings. The highest BCUT2D eigenvalue weighted by Crippen LogP contribution is 2.35. The van der Waals surface area contributed by atoms with Crippen LogP contribution in [-0.2, 0) is 5.41 Å². The quantitative estimate of drug-likeness (QED) is 0.446. The van der Waals surface area contributed by atoms with Crippen LogP contribution in [0, 0.1) is 17.0 Å². The Morgan fingerprint density at radius 1 is 1.31 bits per heavy atom. The second-order valence-electron chi connectivity index (χ2n) is 4.85. The number of nitrogens with zero attached hydrogens (tertiary/aromatic N) is 1. The first-order chi connectivity index (χ1) is 7.27. The maximum atomic E-state index is 11.0. The zero-order valence-electron chi connectivity index (χ0n) is 10.3. The Labute approximate surface area is 100 Å². The smallest absolute Gasteiger partial charge is 0.258 e. The van der Waals surface area contributed by atoms with Gasteiger partial charge in [-0.3, -0.25) is 10.1 Å². The van der Waals surface area contributed by atoms with Crippen LogP contribution in [0.1, 0.15) is 31.9 Å². The summed E-state index contributed by atoms with van der Waals surface area (Å²) in [6.07, 6.45) is 1.86. The molecule has 0 heterocycles. The van der Waals surface area contributed by atoms with Gasteiger partial charge < -0.3 is 0 Å². The van der Waals surface area contributed by atoms with Crippen LogP contribution in [0.25, 0.3) is 0 Å². The van der Waals surface area contributed by atoms with Crippen molar-refractivity contribution >= 4 is 17.4 Å². The van der Waals surface area contributed by atoms with Crippen LogP contribution < -0.4 is 0 Å². The lowest BCUT2D eigenvalue weighted by atomic mass is 9.84. The molecule has 0 N–H and O–H groups in total. The number of benzene rings is 1. The van der Waals surface area contributed by atoms with E-state index in [4.69, 9.17) is 0 Å². The van der Waals surface area contributed by atoms with Crippen molar-refractivity contribution in [1.29, 1.82) is 0 Å². The Hall–Kier alpha value is -1.03. The van der Waals surface area contributed by atoms with Gasteiger partial charge in [-0.05, 0) is 35.8 Å². The molecule has 0 amide bonds. The zero-order valence-corrected chi connectivity index (χ0v) is 11.1. The first-order valence-electron chi connectivity index (χ1n) is 5.11. The topological polar surface area (TPSA) is 43.1 Å². The minimum atomic E-state index is -0.305. The SMILES string of the molecule is CSc1cc(C)c(C(C)(C)C)cc1[N+](=O)[O-]. The Morgan fingerprint density at radius 3 is 2.25 bits per heavy atom. The van der Waals surface area contributed by atoms with Crippen molar-refractivity contribution in [1.82, 2.24) is 0 Å². The first kappa shape index (κ1) is 13.0. The highest BCUT2D eigenvalue weighted by molar-refractivity contribution is 7.98. The summed E-state index contributed by atoms with van der Waals surface area (Å²) in [5.74, 6) is 0. The van der Waals surface area contributed by atoms with Gasteiger partial charge in [0.1, 0.15) is 0 Å². The van der Waals surface area contributed by atoms with Gasteiger partial charge in [0.2, 0.25) is 0 Å². The first-order valence-corrected chi connectivity index (χ1v) is 6.33. The van der Waals surface area contributed by atoms with Gasteiger partial charge >= 0.3 is 0 Å². The molecular formula is C12H17NO2S. The maximum Gasteiger partial charge on any atom is 0.283 e. The van der Waals surface area contributed by atoms with Gasteiger partial charge in [0.25, 0.3) is 5.69 Å². The molecule has 0 saturated heterocycles. The van der Waals surface area contributed by atoms with E-state index in [1.54, 1.807) is 6.07 Å². The number of rotatable bonds is 2. The fourth-order valence-electron chi connectivity index (χ4n) is 1.78. The van der Waals surface area contributed by atoms with Crippen LogP contribution in [0.3, 0.4) is 0 Å². The molecule has 0 aliphatic carbocycles. The van der Waals surface area contributed by atoms with Gasteiger partial charge in [0.05, 0.1) is 9.82 Å². The van der Waals surface area contributed by atoms with Crippen LogP contribution in [0.15, 0.2) is 17.0 Å². The minimum absolute atomic E-state index is 0.0637. The lowest BCUT2D eigenvalue weighted by molar-refractivity contribution is -0.387. The van der Waals surface area contributed by atoms with Crippen molar-refractivity contribution in [2.75, 3.05) is 6.26 Å². The van der Waals surface area contributed by atoms with E-state index in [1.165, 1.54) is 11.8 Å². The Balaban J connectivity index is 3.45. The number of hydrogen-bond donors (Lipinski definition) is 0. The van der Waals surface area contributed by atoms with Crippen molar-refractivity contribution in [3.63, 3.8) is 0 Å². The molecule has 0 radical (unpaired) electrons. The van der Waals surface area contributed by atoms with E-state index in [1.807, 2.05) is 19.2 Å². The highest BCUT2D eigenvalue weighted by atomic mass is 32.2. The van der Waals surface area contributed by atoms with Crippen LogP contribution in [0.2, 0.25) is 0 Å². The summed E-state index contributed by atoms with van der Waals surface area (Å²) >= 11 is 1.42.